The SMILES string of the molecule is CC(C)(C)c1cc(NC(=O)c2cc(Cl)nc3ccccc23)on1. The van der Waals surface area contributed by atoms with Gasteiger partial charge in [-0.2, -0.15) is 0 Å². The van der Waals surface area contributed by atoms with Gasteiger partial charge in [-0.25, -0.2) is 4.98 Å². The van der Waals surface area contributed by atoms with Gasteiger partial charge in [-0.3, -0.25) is 10.1 Å². The summed E-state index contributed by atoms with van der Waals surface area (Å²) >= 11 is 6.01. The van der Waals surface area contributed by atoms with E-state index in [9.17, 15) is 4.79 Å². The van der Waals surface area contributed by atoms with Gasteiger partial charge in [0.15, 0.2) is 0 Å². The van der Waals surface area contributed by atoms with Crippen molar-refractivity contribution in [3.05, 3.63) is 52.8 Å². The predicted molar refractivity (Wildman–Crippen MR) is 89.9 cm³/mol. The topological polar surface area (TPSA) is 68.0 Å². The van der Waals surface area contributed by atoms with Crippen LogP contribution in [0.1, 0.15) is 36.8 Å². The Hall–Kier alpha value is -2.40. The number of benzene rings is 1. The Morgan fingerprint density at radius 1 is 1.22 bits per heavy atom. The number of aromatic nitrogens is 2. The molecule has 0 saturated carbocycles. The van der Waals surface area contributed by atoms with Gasteiger partial charge in [0, 0.05) is 16.9 Å². The summed E-state index contributed by atoms with van der Waals surface area (Å²) < 4.78 is 5.20. The van der Waals surface area contributed by atoms with Gasteiger partial charge >= 0.3 is 0 Å². The highest BCUT2D eigenvalue weighted by Gasteiger charge is 2.20. The van der Waals surface area contributed by atoms with Crippen LogP contribution in [0.3, 0.4) is 0 Å². The van der Waals surface area contributed by atoms with E-state index in [1.165, 1.54) is 0 Å². The number of hydrogen-bond acceptors (Lipinski definition) is 4. The van der Waals surface area contributed by atoms with Crippen molar-refractivity contribution < 1.29 is 9.32 Å². The number of hydrogen-bond donors (Lipinski definition) is 1. The van der Waals surface area contributed by atoms with Gasteiger partial charge in [0.05, 0.1) is 16.8 Å². The highest BCUT2D eigenvalue weighted by atomic mass is 35.5. The number of rotatable bonds is 2. The molecule has 1 amide bonds. The van der Waals surface area contributed by atoms with Crippen molar-refractivity contribution in [2.75, 3.05) is 5.32 Å². The van der Waals surface area contributed by atoms with Gasteiger partial charge in [0.25, 0.3) is 5.91 Å². The molecule has 3 rings (SSSR count). The van der Waals surface area contributed by atoms with Crippen LogP contribution in [0.15, 0.2) is 40.9 Å². The lowest BCUT2D eigenvalue weighted by atomic mass is 9.92. The molecule has 1 N–H and O–H groups in total. The third-order valence-corrected chi connectivity index (χ3v) is 3.64. The molecule has 2 heterocycles. The Morgan fingerprint density at radius 2 is 1.96 bits per heavy atom. The van der Waals surface area contributed by atoms with E-state index in [2.05, 4.69) is 15.5 Å². The monoisotopic (exact) mass is 329 g/mol. The quantitative estimate of drug-likeness (QED) is 0.706. The third-order valence-electron chi connectivity index (χ3n) is 3.44. The lowest BCUT2D eigenvalue weighted by molar-refractivity contribution is 0.102. The van der Waals surface area contributed by atoms with Gasteiger partial charge in [-0.1, -0.05) is 55.7 Å². The minimum absolute atomic E-state index is 0.154. The first-order valence-corrected chi connectivity index (χ1v) is 7.56. The molecular weight excluding hydrogens is 314 g/mol. The number of nitrogens with zero attached hydrogens (tertiary/aromatic N) is 2. The van der Waals surface area contributed by atoms with E-state index in [1.54, 1.807) is 12.1 Å². The molecule has 118 valence electrons. The van der Waals surface area contributed by atoms with E-state index >= 15 is 0 Å². The second-order valence-corrected chi connectivity index (χ2v) is 6.68. The highest BCUT2D eigenvalue weighted by Crippen LogP contribution is 2.25. The van der Waals surface area contributed by atoms with Crippen molar-refractivity contribution in [3.8, 4) is 0 Å². The zero-order chi connectivity index (χ0) is 16.6. The van der Waals surface area contributed by atoms with Crippen molar-refractivity contribution in [1.29, 1.82) is 0 Å². The summed E-state index contributed by atoms with van der Waals surface area (Å²) in [5, 5.41) is 7.69. The van der Waals surface area contributed by atoms with Crippen LogP contribution in [0.5, 0.6) is 0 Å². The molecule has 0 fully saturated rings. The third kappa shape index (κ3) is 3.19. The maximum Gasteiger partial charge on any atom is 0.258 e. The van der Waals surface area contributed by atoms with Crippen LogP contribution in [-0.2, 0) is 5.41 Å². The minimum Gasteiger partial charge on any atom is -0.338 e. The number of para-hydroxylation sites is 1. The first kappa shape index (κ1) is 15.5. The van der Waals surface area contributed by atoms with Gasteiger partial charge < -0.3 is 4.52 Å². The molecule has 0 atom stereocenters. The molecule has 0 aliphatic rings. The normalized spacial score (nSPS) is 11.7. The molecule has 5 nitrogen and oxygen atoms in total. The highest BCUT2D eigenvalue weighted by molar-refractivity contribution is 6.30. The Balaban J connectivity index is 1.94. The Bertz CT molecular complexity index is 881. The molecule has 1 aromatic carbocycles. The molecule has 23 heavy (non-hydrogen) atoms. The largest absolute Gasteiger partial charge is 0.338 e. The Morgan fingerprint density at radius 3 is 2.65 bits per heavy atom. The van der Waals surface area contributed by atoms with E-state index < -0.39 is 0 Å². The van der Waals surface area contributed by atoms with Crippen molar-refractivity contribution in [2.24, 2.45) is 0 Å². The molecule has 0 radical (unpaired) electrons. The van der Waals surface area contributed by atoms with E-state index in [0.29, 0.717) is 17.0 Å². The number of halogens is 1. The molecule has 0 saturated heterocycles. The van der Waals surface area contributed by atoms with Crippen molar-refractivity contribution in [3.63, 3.8) is 0 Å². The number of pyridine rings is 1. The fourth-order valence-corrected chi connectivity index (χ4v) is 2.40. The molecule has 0 aliphatic heterocycles. The number of carbonyl (C=O) groups is 1. The Labute approximate surface area is 138 Å². The molecule has 3 aromatic rings. The molecule has 0 spiro atoms. The standard InChI is InChI=1S/C17H16ClN3O2/c1-17(2,3)13-9-15(23-21-13)20-16(22)11-8-14(18)19-12-7-5-4-6-10(11)12/h4-9H,1-3H3,(H,20,22). The summed E-state index contributed by atoms with van der Waals surface area (Å²) in [5.41, 5.74) is 1.72. The molecule has 6 heteroatoms. The van der Waals surface area contributed by atoms with Crippen LogP contribution < -0.4 is 5.32 Å². The number of amides is 1. The maximum atomic E-state index is 12.6. The first-order valence-electron chi connectivity index (χ1n) is 7.18. The van der Waals surface area contributed by atoms with E-state index in [0.717, 1.165) is 11.1 Å². The summed E-state index contributed by atoms with van der Waals surface area (Å²) in [6.07, 6.45) is 0. The Kier molecular flexibility index (Phi) is 3.82. The van der Waals surface area contributed by atoms with Crippen LogP contribution in [0.4, 0.5) is 5.88 Å². The number of anilines is 1. The zero-order valence-electron chi connectivity index (χ0n) is 13.1. The summed E-state index contributed by atoms with van der Waals surface area (Å²) in [6.45, 7) is 6.06. The second-order valence-electron chi connectivity index (χ2n) is 6.29. The van der Waals surface area contributed by atoms with Crippen molar-refractivity contribution in [2.45, 2.75) is 26.2 Å². The molecular formula is C17H16ClN3O2. The van der Waals surface area contributed by atoms with E-state index in [1.807, 2.05) is 45.0 Å². The van der Waals surface area contributed by atoms with Gasteiger partial charge in [-0.15, -0.1) is 0 Å². The molecule has 2 aromatic heterocycles. The van der Waals surface area contributed by atoms with Crippen LogP contribution in [0, 0.1) is 0 Å². The predicted octanol–water partition coefficient (Wildman–Crippen LogP) is 4.43. The van der Waals surface area contributed by atoms with Crippen LogP contribution >= 0.6 is 11.6 Å². The summed E-state index contributed by atoms with van der Waals surface area (Å²) in [4.78, 5) is 16.8. The van der Waals surface area contributed by atoms with Gasteiger partial charge in [-0.05, 0) is 12.1 Å². The van der Waals surface area contributed by atoms with Crippen LogP contribution in [0.25, 0.3) is 10.9 Å². The average molecular weight is 330 g/mol. The maximum absolute atomic E-state index is 12.6. The average Bonchev–Trinajstić information content (AvgIpc) is 2.95. The smallest absolute Gasteiger partial charge is 0.258 e. The van der Waals surface area contributed by atoms with Gasteiger partial charge in [0.1, 0.15) is 5.15 Å². The van der Waals surface area contributed by atoms with Gasteiger partial charge in [0.2, 0.25) is 5.88 Å². The lowest BCUT2D eigenvalue weighted by Gasteiger charge is -2.12. The molecule has 0 aliphatic carbocycles. The second kappa shape index (κ2) is 5.66. The molecule has 0 bridgehead atoms. The summed E-state index contributed by atoms with van der Waals surface area (Å²) in [5.74, 6) is -0.0148. The zero-order valence-corrected chi connectivity index (χ0v) is 13.8. The molecule has 0 unspecified atom stereocenters. The number of carbonyl (C=O) groups excluding carboxylic acids is 1. The number of nitrogens with one attached hydrogen (secondary N) is 1. The summed E-state index contributed by atoms with van der Waals surface area (Å²) in [7, 11) is 0. The summed E-state index contributed by atoms with van der Waals surface area (Å²) in [6, 6.07) is 10.6. The van der Waals surface area contributed by atoms with Crippen LogP contribution in [-0.4, -0.2) is 16.0 Å². The fraction of sp³-hybridized carbons (Fsp3) is 0.235. The number of fused-ring (bicyclic) bond motifs is 1. The minimum atomic E-state index is -0.317. The van der Waals surface area contributed by atoms with Crippen LogP contribution in [0.2, 0.25) is 5.15 Å². The van der Waals surface area contributed by atoms with Crippen molar-refractivity contribution in [1.82, 2.24) is 10.1 Å². The van der Waals surface area contributed by atoms with E-state index in [-0.39, 0.29) is 16.5 Å². The fourth-order valence-electron chi connectivity index (χ4n) is 2.20. The van der Waals surface area contributed by atoms with Crippen molar-refractivity contribution >= 4 is 34.3 Å². The van der Waals surface area contributed by atoms with E-state index in [4.69, 9.17) is 16.1 Å². The lowest BCUT2D eigenvalue weighted by Crippen LogP contribution is -2.13. The first-order chi connectivity index (χ1) is 10.8.